The Morgan fingerprint density at radius 1 is 1.04 bits per heavy atom. The van der Waals surface area contributed by atoms with Crippen LogP contribution >= 0.6 is 0 Å². The van der Waals surface area contributed by atoms with E-state index in [9.17, 15) is 15.0 Å². The molecule has 0 spiro atoms. The summed E-state index contributed by atoms with van der Waals surface area (Å²) in [5.74, 6) is 0.0141. The maximum atomic E-state index is 12.1. The number of aromatic hydroxyl groups is 1. The van der Waals surface area contributed by atoms with Gasteiger partial charge in [0.25, 0.3) is 0 Å². The first-order valence-corrected chi connectivity index (χ1v) is 9.15. The van der Waals surface area contributed by atoms with Crippen LogP contribution < -0.4 is 15.1 Å². The average molecular weight is 365 g/mol. The van der Waals surface area contributed by atoms with Crippen LogP contribution in [0.2, 0.25) is 0 Å². The van der Waals surface area contributed by atoms with E-state index >= 15 is 0 Å². The summed E-state index contributed by atoms with van der Waals surface area (Å²) in [5.41, 5.74) is 2.70. The van der Waals surface area contributed by atoms with E-state index in [-0.39, 0.29) is 17.7 Å². The van der Waals surface area contributed by atoms with Gasteiger partial charge >= 0.3 is 0 Å². The Morgan fingerprint density at radius 3 is 2.52 bits per heavy atom. The van der Waals surface area contributed by atoms with Gasteiger partial charge in [0, 0.05) is 42.6 Å². The van der Waals surface area contributed by atoms with Crippen molar-refractivity contribution in [1.82, 2.24) is 5.32 Å². The van der Waals surface area contributed by atoms with Gasteiger partial charge in [-0.25, -0.2) is 0 Å². The Hall–Kier alpha value is -2.99. The number of amides is 1. The third-order valence-corrected chi connectivity index (χ3v) is 5.15. The van der Waals surface area contributed by atoms with Crippen molar-refractivity contribution in [2.24, 2.45) is 0 Å². The number of carbonyl (C=O) groups excluding carboxylic acids is 1. The standard InChI is InChI=1S/C21H23N3O3/c25-19-8-4-7-17(13-19)24-10-9-23(16-5-2-1-3-6-16)14-18(24)11-15-12-20(26)22-21(15)27/h1-8,12-13,18,20,25-26H,9-11,14H2,(H,22,27). The van der Waals surface area contributed by atoms with Gasteiger partial charge in [0.1, 0.15) is 12.0 Å². The van der Waals surface area contributed by atoms with Gasteiger partial charge in [0.2, 0.25) is 5.91 Å². The molecule has 2 aromatic rings. The van der Waals surface area contributed by atoms with E-state index in [2.05, 4.69) is 27.2 Å². The second-order valence-corrected chi connectivity index (χ2v) is 6.96. The number of rotatable bonds is 4. The average Bonchev–Trinajstić information content (AvgIpc) is 2.99. The minimum absolute atomic E-state index is 0.0445. The maximum absolute atomic E-state index is 12.1. The third kappa shape index (κ3) is 3.75. The highest BCUT2D eigenvalue weighted by molar-refractivity contribution is 5.96. The minimum Gasteiger partial charge on any atom is -0.508 e. The summed E-state index contributed by atoms with van der Waals surface area (Å²) in [6.07, 6.45) is 1.21. The molecule has 2 heterocycles. The lowest BCUT2D eigenvalue weighted by Crippen LogP contribution is -2.54. The minimum atomic E-state index is -0.907. The lowest BCUT2D eigenvalue weighted by atomic mass is 10.0. The maximum Gasteiger partial charge on any atom is 0.249 e. The van der Waals surface area contributed by atoms with E-state index < -0.39 is 6.23 Å². The molecule has 27 heavy (non-hydrogen) atoms. The zero-order valence-electron chi connectivity index (χ0n) is 15.0. The molecule has 3 N–H and O–H groups in total. The van der Waals surface area contributed by atoms with Crippen LogP contribution in [0.3, 0.4) is 0 Å². The highest BCUT2D eigenvalue weighted by Crippen LogP contribution is 2.29. The summed E-state index contributed by atoms with van der Waals surface area (Å²) < 4.78 is 0. The molecule has 2 unspecified atom stereocenters. The molecule has 6 nitrogen and oxygen atoms in total. The lowest BCUT2D eigenvalue weighted by molar-refractivity contribution is -0.118. The van der Waals surface area contributed by atoms with Crippen LogP contribution in [-0.4, -0.2) is 48.0 Å². The summed E-state index contributed by atoms with van der Waals surface area (Å²) in [6.45, 7) is 2.38. The second kappa shape index (κ2) is 7.32. The normalized spacial score (nSPS) is 22.6. The number of aliphatic hydroxyl groups excluding tert-OH is 1. The predicted octanol–water partition coefficient (Wildman–Crippen LogP) is 1.85. The van der Waals surface area contributed by atoms with Crippen LogP contribution in [0, 0.1) is 0 Å². The lowest BCUT2D eigenvalue weighted by Gasteiger charge is -2.44. The number of hydrogen-bond donors (Lipinski definition) is 3. The molecule has 0 aliphatic carbocycles. The Labute approximate surface area is 158 Å². The second-order valence-electron chi connectivity index (χ2n) is 6.96. The van der Waals surface area contributed by atoms with Crippen LogP contribution in [0.1, 0.15) is 6.42 Å². The monoisotopic (exact) mass is 365 g/mol. The zero-order valence-corrected chi connectivity index (χ0v) is 15.0. The van der Waals surface area contributed by atoms with Crippen molar-refractivity contribution in [2.75, 3.05) is 29.4 Å². The first kappa shape index (κ1) is 17.4. The fourth-order valence-electron chi connectivity index (χ4n) is 3.86. The van der Waals surface area contributed by atoms with E-state index in [0.29, 0.717) is 12.0 Å². The molecule has 0 saturated carbocycles. The first-order chi connectivity index (χ1) is 13.1. The molecule has 140 valence electrons. The predicted molar refractivity (Wildman–Crippen MR) is 105 cm³/mol. The fourth-order valence-corrected chi connectivity index (χ4v) is 3.86. The quantitative estimate of drug-likeness (QED) is 0.771. The van der Waals surface area contributed by atoms with Crippen molar-refractivity contribution in [1.29, 1.82) is 0 Å². The number of anilines is 2. The van der Waals surface area contributed by atoms with Crippen LogP contribution in [0.5, 0.6) is 5.75 Å². The largest absolute Gasteiger partial charge is 0.508 e. The van der Waals surface area contributed by atoms with Crippen molar-refractivity contribution < 1.29 is 15.0 Å². The molecule has 1 fully saturated rings. The molecule has 2 aromatic carbocycles. The van der Waals surface area contributed by atoms with Crippen molar-refractivity contribution in [2.45, 2.75) is 18.7 Å². The molecule has 0 aromatic heterocycles. The van der Waals surface area contributed by atoms with Crippen LogP contribution in [0.25, 0.3) is 0 Å². The number of piperazine rings is 1. The van der Waals surface area contributed by atoms with Gasteiger partial charge in [-0.1, -0.05) is 24.3 Å². The van der Waals surface area contributed by atoms with Crippen molar-refractivity contribution >= 4 is 17.3 Å². The number of hydrogen-bond acceptors (Lipinski definition) is 5. The molecule has 0 bridgehead atoms. The van der Waals surface area contributed by atoms with Gasteiger partial charge in [-0.3, -0.25) is 4.79 Å². The van der Waals surface area contributed by atoms with Crippen molar-refractivity contribution in [3.8, 4) is 5.75 Å². The topological polar surface area (TPSA) is 76.0 Å². The molecule has 0 radical (unpaired) electrons. The Morgan fingerprint density at radius 2 is 1.81 bits per heavy atom. The SMILES string of the molecule is O=C1NC(O)C=C1CC1CN(c2ccccc2)CCN1c1cccc(O)c1. The van der Waals surface area contributed by atoms with Crippen LogP contribution in [0.15, 0.2) is 66.2 Å². The summed E-state index contributed by atoms with van der Waals surface area (Å²) in [7, 11) is 0. The summed E-state index contributed by atoms with van der Waals surface area (Å²) >= 11 is 0. The van der Waals surface area contributed by atoms with E-state index in [0.717, 1.165) is 31.0 Å². The van der Waals surface area contributed by atoms with Gasteiger partial charge in [0.05, 0.1) is 6.04 Å². The number of para-hydroxylation sites is 1. The Bertz CT molecular complexity index is 853. The number of aliphatic hydroxyl groups is 1. The van der Waals surface area contributed by atoms with Gasteiger partial charge in [-0.15, -0.1) is 0 Å². The molecular formula is C21H23N3O3. The molecular weight excluding hydrogens is 342 g/mol. The molecule has 2 atom stereocenters. The van der Waals surface area contributed by atoms with Crippen LogP contribution in [0.4, 0.5) is 11.4 Å². The number of phenolic OH excluding ortho intramolecular Hbond substituents is 1. The highest BCUT2D eigenvalue weighted by atomic mass is 16.3. The first-order valence-electron chi connectivity index (χ1n) is 9.15. The Balaban J connectivity index is 1.61. The smallest absolute Gasteiger partial charge is 0.249 e. The van der Waals surface area contributed by atoms with Gasteiger partial charge in [-0.05, 0) is 36.8 Å². The molecule has 2 aliphatic rings. The Kier molecular flexibility index (Phi) is 4.73. The highest BCUT2D eigenvalue weighted by Gasteiger charge is 2.31. The summed E-state index contributed by atoms with van der Waals surface area (Å²) in [4.78, 5) is 16.6. The van der Waals surface area contributed by atoms with Crippen LogP contribution in [-0.2, 0) is 4.79 Å². The van der Waals surface area contributed by atoms with E-state index in [1.165, 1.54) is 0 Å². The third-order valence-electron chi connectivity index (χ3n) is 5.15. The zero-order chi connectivity index (χ0) is 18.8. The molecule has 2 aliphatic heterocycles. The molecule has 6 heteroatoms. The number of nitrogens with zero attached hydrogens (tertiary/aromatic N) is 2. The van der Waals surface area contributed by atoms with Gasteiger partial charge in [-0.2, -0.15) is 0 Å². The number of carbonyl (C=O) groups is 1. The molecule has 1 saturated heterocycles. The molecule has 1 amide bonds. The fraction of sp³-hybridized carbons (Fsp3) is 0.286. The van der Waals surface area contributed by atoms with Crippen molar-refractivity contribution in [3.63, 3.8) is 0 Å². The van der Waals surface area contributed by atoms with Gasteiger partial charge < -0.3 is 25.3 Å². The van der Waals surface area contributed by atoms with E-state index in [1.54, 1.807) is 18.2 Å². The van der Waals surface area contributed by atoms with E-state index in [1.807, 2.05) is 30.3 Å². The summed E-state index contributed by atoms with van der Waals surface area (Å²) in [5, 5.41) is 22.1. The van der Waals surface area contributed by atoms with Gasteiger partial charge in [0.15, 0.2) is 0 Å². The van der Waals surface area contributed by atoms with E-state index in [4.69, 9.17) is 0 Å². The van der Waals surface area contributed by atoms with Crippen molar-refractivity contribution in [3.05, 3.63) is 66.2 Å². The number of benzene rings is 2. The molecule has 4 rings (SSSR count). The number of nitrogens with one attached hydrogen (secondary N) is 1. The number of phenols is 1. The summed E-state index contributed by atoms with van der Waals surface area (Å²) in [6, 6.07) is 17.5.